The van der Waals surface area contributed by atoms with E-state index in [9.17, 15) is 35.2 Å². The lowest BCUT2D eigenvalue weighted by Gasteiger charge is -2.18. The Balaban J connectivity index is 2.33. The summed E-state index contributed by atoms with van der Waals surface area (Å²) in [5, 5.41) is 0. The summed E-state index contributed by atoms with van der Waals surface area (Å²) in [7, 11) is -3.81. The highest BCUT2D eigenvalue weighted by atomic mass is 32.2. The molecular weight excluding hydrogens is 409 g/mol. The van der Waals surface area contributed by atoms with Crippen molar-refractivity contribution < 1.29 is 39.9 Å². The summed E-state index contributed by atoms with van der Waals surface area (Å²) in [5.74, 6) is -14.7. The van der Waals surface area contributed by atoms with Gasteiger partial charge in [-0.1, -0.05) is 13.8 Å². The van der Waals surface area contributed by atoms with Crippen LogP contribution in [0.5, 0.6) is 5.75 Å². The van der Waals surface area contributed by atoms with E-state index in [-0.39, 0.29) is 23.5 Å². The van der Waals surface area contributed by atoms with Crippen LogP contribution in [0, 0.1) is 29.1 Å². The van der Waals surface area contributed by atoms with E-state index >= 15 is 0 Å². The van der Waals surface area contributed by atoms with Crippen LogP contribution in [-0.2, 0) is 10.0 Å². The number of carbonyl (C=O) groups is 1. The molecule has 0 fully saturated rings. The molecule has 0 unspecified atom stereocenters. The van der Waals surface area contributed by atoms with Crippen LogP contribution in [0.25, 0.3) is 0 Å². The lowest BCUT2D eigenvalue weighted by molar-refractivity contribution is 0.0716. The topological polar surface area (TPSA) is 63.7 Å². The molecule has 0 saturated heterocycles. The van der Waals surface area contributed by atoms with E-state index < -0.39 is 50.8 Å². The molecule has 0 amide bonds. The van der Waals surface area contributed by atoms with Gasteiger partial charge in [-0.3, -0.25) is 0 Å². The highest BCUT2D eigenvalue weighted by molar-refractivity contribution is 7.89. The van der Waals surface area contributed by atoms with Gasteiger partial charge in [0, 0.05) is 13.1 Å². The maximum atomic E-state index is 13.6. The van der Waals surface area contributed by atoms with E-state index in [0.717, 1.165) is 28.6 Å². The fourth-order valence-electron chi connectivity index (χ4n) is 2.30. The molecule has 0 aromatic heterocycles. The largest absolute Gasteiger partial charge is 0.416 e. The van der Waals surface area contributed by atoms with Gasteiger partial charge in [-0.05, 0) is 24.3 Å². The van der Waals surface area contributed by atoms with E-state index in [1.165, 1.54) is 0 Å². The summed E-state index contributed by atoms with van der Waals surface area (Å²) >= 11 is 0. The van der Waals surface area contributed by atoms with Crippen molar-refractivity contribution in [3.8, 4) is 5.75 Å². The van der Waals surface area contributed by atoms with E-state index in [0.29, 0.717) is 0 Å². The van der Waals surface area contributed by atoms with Crippen LogP contribution in [0.2, 0.25) is 0 Å². The summed E-state index contributed by atoms with van der Waals surface area (Å²) in [6.45, 7) is 3.69. The highest BCUT2D eigenvalue weighted by Gasteiger charge is 2.29. The number of rotatable bonds is 6. The second-order valence-electron chi connectivity index (χ2n) is 5.40. The van der Waals surface area contributed by atoms with Gasteiger partial charge in [0.15, 0.2) is 0 Å². The molecule has 0 aliphatic rings. The third kappa shape index (κ3) is 3.85. The van der Waals surface area contributed by atoms with Crippen LogP contribution in [0.3, 0.4) is 0 Å². The summed E-state index contributed by atoms with van der Waals surface area (Å²) < 4.78 is 96.7. The zero-order valence-electron chi connectivity index (χ0n) is 14.6. The normalized spacial score (nSPS) is 11.7. The molecule has 28 heavy (non-hydrogen) atoms. The molecule has 0 atom stereocenters. The van der Waals surface area contributed by atoms with E-state index in [2.05, 4.69) is 4.74 Å². The Kier molecular flexibility index (Phi) is 6.40. The molecule has 0 heterocycles. The van der Waals surface area contributed by atoms with Gasteiger partial charge < -0.3 is 4.74 Å². The van der Waals surface area contributed by atoms with Crippen molar-refractivity contribution in [1.82, 2.24) is 4.31 Å². The molecule has 0 N–H and O–H groups in total. The van der Waals surface area contributed by atoms with Gasteiger partial charge in [0.25, 0.3) is 0 Å². The predicted molar refractivity (Wildman–Crippen MR) is 87.7 cm³/mol. The fourth-order valence-corrected chi connectivity index (χ4v) is 3.76. The Morgan fingerprint density at radius 3 is 1.71 bits per heavy atom. The van der Waals surface area contributed by atoms with E-state index in [4.69, 9.17) is 0 Å². The number of sulfonamides is 1. The molecule has 152 valence electrons. The minimum absolute atomic E-state index is 0.149. The molecule has 2 rings (SSSR count). The molecule has 2 aromatic carbocycles. The lowest BCUT2D eigenvalue weighted by Crippen LogP contribution is -2.30. The van der Waals surface area contributed by atoms with Crippen LogP contribution in [0.4, 0.5) is 22.0 Å². The lowest BCUT2D eigenvalue weighted by atomic mass is 10.2. The quantitative estimate of drug-likeness (QED) is 0.234. The Morgan fingerprint density at radius 2 is 1.29 bits per heavy atom. The smallest absolute Gasteiger partial charge is 0.343 e. The van der Waals surface area contributed by atoms with Gasteiger partial charge in [-0.2, -0.15) is 13.1 Å². The van der Waals surface area contributed by atoms with E-state index in [1.807, 2.05) is 0 Å². The standard InChI is InChI=1S/C17H14F5NO4S/c1-3-23(4-2)28(25,26)10-7-5-9(6-8-10)17(24)27-16-14(21)12(19)11(18)13(20)15(16)22/h5-8H,3-4H2,1-2H3. The predicted octanol–water partition coefficient (Wildman–Crippen LogP) is 3.63. The first-order chi connectivity index (χ1) is 13.1. The van der Waals surface area contributed by atoms with Gasteiger partial charge in [-0.25, -0.2) is 26.4 Å². The van der Waals surface area contributed by atoms with E-state index in [1.54, 1.807) is 13.8 Å². The molecule has 11 heteroatoms. The van der Waals surface area contributed by atoms with Crippen LogP contribution in [0.15, 0.2) is 29.2 Å². The average Bonchev–Trinajstić information content (AvgIpc) is 2.68. The van der Waals surface area contributed by atoms with Crippen molar-refractivity contribution in [2.45, 2.75) is 18.7 Å². The fraction of sp³-hybridized carbons (Fsp3) is 0.235. The Hall–Kier alpha value is -2.53. The van der Waals surface area contributed by atoms with Crippen molar-refractivity contribution in [2.75, 3.05) is 13.1 Å². The second kappa shape index (κ2) is 8.23. The molecule has 0 saturated carbocycles. The first-order valence-electron chi connectivity index (χ1n) is 7.90. The zero-order chi connectivity index (χ0) is 21.2. The Morgan fingerprint density at radius 1 is 0.857 bits per heavy atom. The molecule has 0 bridgehead atoms. The van der Waals surface area contributed by atoms with Gasteiger partial charge in [0.1, 0.15) is 0 Å². The Bertz CT molecular complexity index is 976. The van der Waals surface area contributed by atoms with Crippen molar-refractivity contribution in [1.29, 1.82) is 0 Å². The summed E-state index contributed by atoms with van der Waals surface area (Å²) in [4.78, 5) is 11.8. The first-order valence-corrected chi connectivity index (χ1v) is 9.34. The molecule has 0 aliphatic heterocycles. The number of ether oxygens (including phenoxy) is 1. The molecule has 0 spiro atoms. The zero-order valence-corrected chi connectivity index (χ0v) is 15.4. The van der Waals surface area contributed by atoms with Gasteiger partial charge in [0.2, 0.25) is 44.9 Å². The van der Waals surface area contributed by atoms with Crippen molar-refractivity contribution in [3.05, 3.63) is 58.9 Å². The Labute approximate surface area is 157 Å². The number of nitrogens with zero attached hydrogens (tertiary/aromatic N) is 1. The maximum absolute atomic E-state index is 13.6. The summed E-state index contributed by atoms with van der Waals surface area (Å²) in [6, 6.07) is 4.10. The molecular formula is C17H14F5NO4S. The minimum atomic E-state index is -3.81. The maximum Gasteiger partial charge on any atom is 0.343 e. The van der Waals surface area contributed by atoms with Crippen LogP contribution < -0.4 is 4.74 Å². The van der Waals surface area contributed by atoms with Crippen molar-refractivity contribution >= 4 is 16.0 Å². The number of hydrogen-bond acceptors (Lipinski definition) is 4. The van der Waals surface area contributed by atoms with Crippen molar-refractivity contribution in [3.63, 3.8) is 0 Å². The highest BCUT2D eigenvalue weighted by Crippen LogP contribution is 2.29. The average molecular weight is 423 g/mol. The molecule has 5 nitrogen and oxygen atoms in total. The number of benzene rings is 2. The van der Waals surface area contributed by atoms with Gasteiger partial charge >= 0.3 is 5.97 Å². The van der Waals surface area contributed by atoms with Gasteiger partial charge in [-0.15, -0.1) is 0 Å². The number of esters is 1. The minimum Gasteiger partial charge on any atom is -0.416 e. The first kappa shape index (κ1) is 21.8. The number of hydrogen-bond donors (Lipinski definition) is 0. The second-order valence-corrected chi connectivity index (χ2v) is 7.34. The van der Waals surface area contributed by atoms with Crippen LogP contribution in [-0.4, -0.2) is 31.8 Å². The summed E-state index contributed by atoms with van der Waals surface area (Å²) in [6.07, 6.45) is 0. The molecule has 0 aliphatic carbocycles. The summed E-state index contributed by atoms with van der Waals surface area (Å²) in [5.41, 5.74) is -0.359. The molecule has 0 radical (unpaired) electrons. The SMILES string of the molecule is CCN(CC)S(=O)(=O)c1ccc(C(=O)Oc2c(F)c(F)c(F)c(F)c2F)cc1. The van der Waals surface area contributed by atoms with Gasteiger partial charge in [0.05, 0.1) is 10.5 Å². The third-order valence-electron chi connectivity index (χ3n) is 3.80. The number of halogens is 5. The third-order valence-corrected chi connectivity index (χ3v) is 5.86. The molecule has 2 aromatic rings. The van der Waals surface area contributed by atoms with Crippen LogP contribution in [0.1, 0.15) is 24.2 Å². The van der Waals surface area contributed by atoms with Crippen molar-refractivity contribution in [2.24, 2.45) is 0 Å². The van der Waals surface area contributed by atoms with Crippen LogP contribution >= 0.6 is 0 Å². The number of carbonyl (C=O) groups excluding carboxylic acids is 1. The monoisotopic (exact) mass is 423 g/mol.